The van der Waals surface area contributed by atoms with Gasteiger partial charge in [-0.1, -0.05) is 16.6 Å². The van der Waals surface area contributed by atoms with Crippen molar-refractivity contribution >= 4 is 65.9 Å². The summed E-state index contributed by atoms with van der Waals surface area (Å²) in [6, 6.07) is 0. The largest absolute Gasteiger partial charge is 0.790 e. The van der Waals surface area contributed by atoms with Crippen LogP contribution in [0.1, 0.15) is 18.1 Å². The van der Waals surface area contributed by atoms with E-state index in [0.29, 0.717) is 11.4 Å². The first-order valence-electron chi connectivity index (χ1n) is 17.9. The summed E-state index contributed by atoms with van der Waals surface area (Å²) >= 11 is 0. The number of ether oxygens (including phenoxy) is 2. The number of rotatable bonds is 19. The van der Waals surface area contributed by atoms with Crippen molar-refractivity contribution in [2.75, 3.05) is 32.2 Å². The molecule has 11 N–H and O–H groups in total. The summed E-state index contributed by atoms with van der Waals surface area (Å²) in [4.78, 5) is 92.6. The van der Waals surface area contributed by atoms with Crippen molar-refractivity contribution in [2.24, 2.45) is 24.8 Å². The number of phosphoric acid groups is 4. The van der Waals surface area contributed by atoms with Crippen molar-refractivity contribution in [1.29, 1.82) is 0 Å². The zero-order valence-electron chi connectivity index (χ0n) is 32.7. The Labute approximate surface area is 357 Å². The molecular formula is C27H39N10O23P4-3. The van der Waals surface area contributed by atoms with E-state index in [0.717, 1.165) is 4.57 Å². The van der Waals surface area contributed by atoms with Crippen LogP contribution in [0.15, 0.2) is 29.0 Å². The maximum Gasteiger partial charge on any atom is 0.313 e. The Morgan fingerprint density at radius 3 is 1.84 bits per heavy atom. The molecule has 3 aliphatic rings. The van der Waals surface area contributed by atoms with E-state index in [1.54, 1.807) is 7.05 Å². The minimum atomic E-state index is -6.29. The third-order valence-corrected chi connectivity index (χ3v) is 12.4. The van der Waals surface area contributed by atoms with Gasteiger partial charge >= 0.3 is 11.5 Å². The molecule has 0 saturated carbocycles. The topological polar surface area (TPSA) is 498 Å². The number of nitrogens with zero attached hydrogens (tertiary/aromatic N) is 6. The van der Waals surface area contributed by atoms with Gasteiger partial charge in [-0.15, -0.1) is 0 Å². The van der Waals surface area contributed by atoms with E-state index < -0.39 is 125 Å². The van der Waals surface area contributed by atoms with Crippen LogP contribution in [0, 0.1) is 0 Å². The minimum absolute atomic E-state index is 0.0372. The first-order valence-corrected chi connectivity index (χ1v) is 23.8. The third-order valence-electron chi connectivity index (χ3n) is 9.45. The maximum atomic E-state index is 12.8. The van der Waals surface area contributed by atoms with Crippen LogP contribution in [-0.4, -0.2) is 126 Å². The number of aliphatic imine (C=N–C) groups is 1. The summed E-state index contributed by atoms with van der Waals surface area (Å²) in [5.74, 6) is -0.277. The number of aromatic amines is 1. The van der Waals surface area contributed by atoms with Gasteiger partial charge in [0, 0.05) is 0 Å². The molecule has 6 heterocycles. The first-order chi connectivity index (χ1) is 29.5. The molecule has 64 heavy (non-hydrogen) atoms. The first kappa shape index (κ1) is 50.0. The van der Waals surface area contributed by atoms with Gasteiger partial charge in [-0.2, -0.15) is 0 Å². The average molecular weight is 996 g/mol. The molecule has 2 saturated heterocycles. The number of aliphatic hydroxyl groups is 4. The van der Waals surface area contributed by atoms with E-state index in [4.69, 9.17) is 25.5 Å². The Morgan fingerprint density at radius 2 is 1.33 bits per heavy atom. The monoisotopic (exact) mass is 995 g/mol. The zero-order valence-corrected chi connectivity index (χ0v) is 36.3. The molecule has 0 aliphatic carbocycles. The van der Waals surface area contributed by atoms with Crippen molar-refractivity contribution < 1.29 is 114 Å². The molecule has 3 aliphatic heterocycles. The molecule has 0 amide bonds. The molecule has 37 heteroatoms. The number of nitrogens with one attached hydrogen (secondary N) is 2. The van der Waals surface area contributed by atoms with Crippen LogP contribution >= 0.6 is 31.3 Å². The fourth-order valence-electron chi connectivity index (χ4n) is 6.71. The van der Waals surface area contributed by atoms with Gasteiger partial charge in [0.15, 0.2) is 18.3 Å². The van der Waals surface area contributed by atoms with E-state index in [1.165, 1.54) is 33.4 Å². The van der Waals surface area contributed by atoms with Crippen LogP contribution in [-0.2, 0) is 69.0 Å². The Morgan fingerprint density at radius 1 is 0.828 bits per heavy atom. The van der Waals surface area contributed by atoms with Crippen LogP contribution in [0.3, 0.4) is 0 Å². The molecule has 2 fully saturated rings. The lowest BCUT2D eigenvalue weighted by Crippen LogP contribution is -2.46. The number of aromatic nitrogens is 6. The van der Waals surface area contributed by atoms with Gasteiger partial charge in [0.1, 0.15) is 48.8 Å². The number of aryl methyl sites for hydroxylation is 2. The van der Waals surface area contributed by atoms with Crippen LogP contribution in [0.2, 0.25) is 0 Å². The van der Waals surface area contributed by atoms with Gasteiger partial charge < -0.3 is 108 Å². The quantitative estimate of drug-likeness (QED) is 0.0398. The summed E-state index contributed by atoms with van der Waals surface area (Å²) in [6.45, 7) is -1.87. The fraction of sp³-hybridized carbons (Fsp3) is 0.593. The van der Waals surface area contributed by atoms with Gasteiger partial charge in [-0.25, -0.2) is 9.13 Å². The highest BCUT2D eigenvalue weighted by Crippen LogP contribution is 2.45. The molecule has 3 unspecified atom stereocenters. The second-order valence-electron chi connectivity index (χ2n) is 14.0. The molecule has 33 nitrogen and oxygen atoms in total. The highest BCUT2D eigenvalue weighted by atomic mass is 31.2. The number of fused-ring (bicyclic) bond motifs is 2. The summed E-state index contributed by atoms with van der Waals surface area (Å²) in [5.41, 5.74) is 11.3. The van der Waals surface area contributed by atoms with Gasteiger partial charge in [-0.3, -0.25) is 32.6 Å². The average Bonchev–Trinajstić information content (AvgIpc) is 3.85. The molecule has 0 radical (unpaired) electrons. The lowest BCUT2D eigenvalue weighted by Gasteiger charge is -2.39. The molecule has 0 bridgehead atoms. The number of guanidine groups is 1. The SMILES string of the molecule is C=C1NC(N)=Nc2c1n(C)c[n+]2[C@@H]1O[C@H](COP(=O)([O-])OC[C@H](OP(=O)([O-])[O-])[C@@H](COP(=O)([O-])OC[C@H]2O[C@@H]([n+]3cn(C)c4c(=O)[nH]c(N)nc43)[C@H](O)[C@@H]2O)OP(=O)([O-])O)[C@@H](O)[C@H]1O. The molecule has 13 atom stereocenters. The standard InChI is InChI=1S/C27H42N10O23P4/c1-10-15-21(31-26(28)30-10)36(8-34(15)2)24-19(40)17(38)13(57-24)6-55-63(49,50)53-4-11(59-61(43,44)45)12(60-62(46,47)48)5-54-64(51,52)56-7-14-18(39)20(41)25(58-14)37-9-35(3)16-22(37)32-27(29)33-23(16)42/h8-9,11-14,17-20,24-25,38-41H,1,4-7H2,2-3H3,(H10-2,28,29,30,31,32,33,42,43,44,45,46,47,48,49,50,51,52)/p-3/t11-,12+,13+,14+,17+,18+,19+,20+,24+,25+/m0/s1. The van der Waals surface area contributed by atoms with Crippen molar-refractivity contribution in [3.63, 3.8) is 0 Å². The number of H-pyrrole nitrogens is 1. The maximum absolute atomic E-state index is 12.8. The summed E-state index contributed by atoms with van der Waals surface area (Å²) in [6.07, 6.45) is -16.4. The molecule has 3 aromatic heterocycles. The summed E-state index contributed by atoms with van der Waals surface area (Å²) < 4.78 is 92.0. The predicted octanol–water partition coefficient (Wildman–Crippen LogP) is -8.72. The Balaban J connectivity index is 1.09. The lowest BCUT2D eigenvalue weighted by atomic mass is 10.1. The van der Waals surface area contributed by atoms with E-state index in [1.807, 2.05) is 0 Å². The highest BCUT2D eigenvalue weighted by Gasteiger charge is 2.49. The summed E-state index contributed by atoms with van der Waals surface area (Å²) in [5, 5.41) is 45.4. The van der Waals surface area contributed by atoms with Crippen molar-refractivity contribution in [3.05, 3.63) is 35.3 Å². The minimum Gasteiger partial charge on any atom is -0.790 e. The number of aliphatic hydroxyl groups excluding tert-OH is 4. The Kier molecular flexibility index (Phi) is 14.6. The Bertz CT molecular complexity index is 2540. The van der Waals surface area contributed by atoms with Crippen molar-refractivity contribution in [1.82, 2.24) is 24.4 Å². The predicted molar refractivity (Wildman–Crippen MR) is 193 cm³/mol. The van der Waals surface area contributed by atoms with Crippen molar-refractivity contribution in [2.45, 2.75) is 61.3 Å². The molecular weight excluding hydrogens is 956 g/mol. The molecule has 6 rings (SSSR count). The van der Waals surface area contributed by atoms with Crippen LogP contribution in [0.4, 0.5) is 11.8 Å². The number of phosphoric ester groups is 4. The molecule has 0 aromatic carbocycles. The number of hydrogen-bond donors (Lipinski definition) is 9. The van der Waals surface area contributed by atoms with E-state index in [-0.39, 0.29) is 28.9 Å². The number of imidazole rings is 2. The van der Waals surface area contributed by atoms with Crippen LogP contribution in [0.25, 0.3) is 16.9 Å². The van der Waals surface area contributed by atoms with Gasteiger partial charge in [0.2, 0.25) is 18.0 Å². The van der Waals surface area contributed by atoms with Crippen LogP contribution in [0.5, 0.6) is 0 Å². The normalized spacial score (nSPS) is 28.8. The molecule has 358 valence electrons. The summed E-state index contributed by atoms with van der Waals surface area (Å²) in [7, 11) is -20.9. The smallest absolute Gasteiger partial charge is 0.313 e. The Hall–Kier alpha value is -3.43. The number of nitrogen functional groups attached to an aromatic ring is 1. The van der Waals surface area contributed by atoms with E-state index in [9.17, 15) is 72.8 Å². The molecule has 0 spiro atoms. The van der Waals surface area contributed by atoms with E-state index in [2.05, 4.69) is 49.5 Å². The third kappa shape index (κ3) is 11.4. The number of hydrogen-bond acceptors (Lipinski definition) is 27. The fourth-order valence-corrected chi connectivity index (χ4v) is 9.24. The zero-order chi connectivity index (χ0) is 47.4. The number of anilines is 1. The lowest BCUT2D eigenvalue weighted by molar-refractivity contribution is -0.754. The van der Waals surface area contributed by atoms with Crippen LogP contribution < -0.4 is 55.9 Å². The van der Waals surface area contributed by atoms with Gasteiger partial charge in [0.25, 0.3) is 40.9 Å². The van der Waals surface area contributed by atoms with Gasteiger partial charge in [0.05, 0.1) is 54.0 Å². The second kappa shape index (κ2) is 18.7. The van der Waals surface area contributed by atoms with E-state index >= 15 is 0 Å². The van der Waals surface area contributed by atoms with Gasteiger partial charge in [-0.05, 0) is 0 Å². The van der Waals surface area contributed by atoms with Crippen molar-refractivity contribution in [3.8, 4) is 0 Å². The highest BCUT2D eigenvalue weighted by molar-refractivity contribution is 7.46. The molecule has 3 aromatic rings. The second-order valence-corrected chi connectivity index (χ2v) is 19.1. The number of nitrogens with two attached hydrogens (primary N) is 2.